The summed E-state index contributed by atoms with van der Waals surface area (Å²) in [4.78, 5) is 17.3. The van der Waals surface area contributed by atoms with Crippen LogP contribution >= 0.6 is 11.8 Å². The summed E-state index contributed by atoms with van der Waals surface area (Å²) in [5, 5.41) is 3.26. The van der Waals surface area contributed by atoms with Crippen LogP contribution in [0.2, 0.25) is 0 Å². The lowest BCUT2D eigenvalue weighted by Gasteiger charge is -2.12. The number of aromatic nitrogens is 2. The topological polar surface area (TPSA) is 46.9 Å². The molecular weight excluding hydrogens is 402 g/mol. The molecule has 0 radical (unpaired) electrons. The van der Waals surface area contributed by atoms with Gasteiger partial charge in [-0.25, -0.2) is 0 Å². The van der Waals surface area contributed by atoms with Gasteiger partial charge in [-0.2, -0.15) is 0 Å². The number of amides is 1. The molecule has 2 aromatic carbocycles. The normalized spacial score (nSPS) is 14.9. The van der Waals surface area contributed by atoms with Gasteiger partial charge in [0.15, 0.2) is 0 Å². The average molecular weight is 426 g/mol. The van der Waals surface area contributed by atoms with E-state index in [0.717, 1.165) is 34.7 Å². The van der Waals surface area contributed by atoms with Gasteiger partial charge < -0.3 is 9.88 Å². The van der Waals surface area contributed by atoms with Crippen LogP contribution in [0.3, 0.4) is 0 Å². The first kappa shape index (κ1) is 19.6. The molecule has 0 aliphatic carbocycles. The SMILES string of the molecule is Cc1cccc(Cc2cccc(NC(=O)c3ccn4c3CSC4c3cccnc3)c2)c1. The molecule has 31 heavy (non-hydrogen) atoms. The van der Waals surface area contributed by atoms with Gasteiger partial charge in [-0.15, -0.1) is 11.8 Å². The number of thioether (sulfide) groups is 1. The van der Waals surface area contributed by atoms with E-state index in [1.54, 1.807) is 6.20 Å². The van der Waals surface area contributed by atoms with Gasteiger partial charge in [0.1, 0.15) is 5.37 Å². The van der Waals surface area contributed by atoms with Gasteiger partial charge in [-0.1, -0.05) is 48.0 Å². The number of nitrogens with one attached hydrogen (secondary N) is 1. The van der Waals surface area contributed by atoms with Crippen molar-refractivity contribution in [3.63, 3.8) is 0 Å². The summed E-state index contributed by atoms with van der Waals surface area (Å²) < 4.78 is 2.19. The molecule has 4 nitrogen and oxygen atoms in total. The molecule has 1 aliphatic rings. The van der Waals surface area contributed by atoms with Gasteiger partial charge in [0.25, 0.3) is 5.91 Å². The van der Waals surface area contributed by atoms with Gasteiger partial charge in [0.05, 0.1) is 5.56 Å². The van der Waals surface area contributed by atoms with E-state index in [2.05, 4.69) is 64.3 Å². The Bertz CT molecular complexity index is 1230. The van der Waals surface area contributed by atoms with E-state index in [1.165, 1.54) is 16.7 Å². The minimum Gasteiger partial charge on any atom is -0.333 e. The largest absolute Gasteiger partial charge is 0.333 e. The van der Waals surface area contributed by atoms with Crippen molar-refractivity contribution in [2.24, 2.45) is 0 Å². The van der Waals surface area contributed by atoms with Crippen LogP contribution in [0.5, 0.6) is 0 Å². The molecule has 0 saturated heterocycles. The van der Waals surface area contributed by atoms with Crippen LogP contribution in [0.25, 0.3) is 0 Å². The highest BCUT2D eigenvalue weighted by molar-refractivity contribution is 7.99. The Labute approximate surface area is 186 Å². The van der Waals surface area contributed by atoms with Gasteiger partial charge in [0, 0.05) is 41.3 Å². The number of carbonyl (C=O) groups is 1. The predicted molar refractivity (Wildman–Crippen MR) is 126 cm³/mol. The van der Waals surface area contributed by atoms with E-state index in [4.69, 9.17) is 0 Å². The van der Waals surface area contributed by atoms with Crippen LogP contribution in [0.1, 0.15) is 43.7 Å². The molecule has 154 valence electrons. The molecule has 5 heteroatoms. The summed E-state index contributed by atoms with van der Waals surface area (Å²) >= 11 is 1.82. The fourth-order valence-electron chi connectivity index (χ4n) is 4.09. The Kier molecular flexibility index (Phi) is 5.35. The van der Waals surface area contributed by atoms with Crippen LogP contribution in [-0.4, -0.2) is 15.5 Å². The van der Waals surface area contributed by atoms with Crippen molar-refractivity contribution in [1.82, 2.24) is 9.55 Å². The highest BCUT2D eigenvalue weighted by Crippen LogP contribution is 2.41. The maximum absolute atomic E-state index is 13.0. The van der Waals surface area contributed by atoms with Crippen molar-refractivity contribution in [2.75, 3.05) is 5.32 Å². The van der Waals surface area contributed by atoms with Gasteiger partial charge in [0.2, 0.25) is 0 Å². The summed E-state index contributed by atoms with van der Waals surface area (Å²) in [5.74, 6) is 0.747. The summed E-state index contributed by atoms with van der Waals surface area (Å²) in [6.45, 7) is 2.10. The Balaban J connectivity index is 1.33. The Morgan fingerprint density at radius 2 is 1.94 bits per heavy atom. The second-order valence-corrected chi connectivity index (χ2v) is 8.92. The number of benzene rings is 2. The molecule has 0 saturated carbocycles. The van der Waals surface area contributed by atoms with Crippen molar-refractivity contribution in [3.05, 3.63) is 119 Å². The number of anilines is 1. The molecule has 3 heterocycles. The molecule has 5 rings (SSSR count). The smallest absolute Gasteiger partial charge is 0.257 e. The first-order valence-electron chi connectivity index (χ1n) is 10.3. The monoisotopic (exact) mass is 425 g/mol. The Morgan fingerprint density at radius 3 is 2.74 bits per heavy atom. The van der Waals surface area contributed by atoms with E-state index in [9.17, 15) is 4.79 Å². The molecule has 0 spiro atoms. The summed E-state index contributed by atoms with van der Waals surface area (Å²) in [5.41, 5.74) is 7.48. The highest BCUT2D eigenvalue weighted by Gasteiger charge is 2.28. The molecule has 1 N–H and O–H groups in total. The van der Waals surface area contributed by atoms with E-state index < -0.39 is 0 Å². The Hall–Kier alpha value is -3.31. The first-order chi connectivity index (χ1) is 15.2. The third-order valence-corrected chi connectivity index (χ3v) is 6.80. The first-order valence-corrected chi connectivity index (χ1v) is 11.4. The molecule has 1 aliphatic heterocycles. The molecule has 1 atom stereocenters. The van der Waals surface area contributed by atoms with Gasteiger partial charge in [-0.3, -0.25) is 9.78 Å². The van der Waals surface area contributed by atoms with Crippen molar-refractivity contribution in [1.29, 1.82) is 0 Å². The number of rotatable bonds is 5. The molecule has 0 fully saturated rings. The molecule has 1 amide bonds. The number of hydrogen-bond acceptors (Lipinski definition) is 3. The maximum atomic E-state index is 13.0. The summed E-state index contributed by atoms with van der Waals surface area (Å²) in [6, 6.07) is 22.6. The lowest BCUT2D eigenvalue weighted by atomic mass is 10.0. The van der Waals surface area contributed by atoms with Crippen molar-refractivity contribution >= 4 is 23.4 Å². The zero-order chi connectivity index (χ0) is 21.2. The number of carbonyl (C=O) groups excluding carboxylic acids is 1. The number of aryl methyl sites for hydroxylation is 1. The zero-order valence-corrected chi connectivity index (χ0v) is 18.1. The standard InChI is InChI=1S/C26H23N3OS/c1-18-5-2-6-19(13-18)14-20-7-3-9-22(15-20)28-25(30)23-10-12-29-24(23)17-31-26(29)21-8-4-11-27-16-21/h2-13,15-16,26H,14,17H2,1H3,(H,28,30). The fourth-order valence-corrected chi connectivity index (χ4v) is 5.40. The number of nitrogens with zero attached hydrogens (tertiary/aromatic N) is 2. The lowest BCUT2D eigenvalue weighted by Crippen LogP contribution is -2.13. The van der Waals surface area contributed by atoms with E-state index in [-0.39, 0.29) is 11.3 Å². The van der Waals surface area contributed by atoms with E-state index in [1.807, 2.05) is 48.4 Å². The number of hydrogen-bond donors (Lipinski definition) is 1. The number of fused-ring (bicyclic) bond motifs is 1. The zero-order valence-electron chi connectivity index (χ0n) is 17.3. The maximum Gasteiger partial charge on any atom is 0.257 e. The van der Waals surface area contributed by atoms with Crippen molar-refractivity contribution < 1.29 is 4.79 Å². The third-order valence-electron chi connectivity index (χ3n) is 5.54. The molecule has 2 aromatic heterocycles. The van der Waals surface area contributed by atoms with Crippen LogP contribution in [0.4, 0.5) is 5.69 Å². The van der Waals surface area contributed by atoms with Crippen LogP contribution in [0, 0.1) is 6.92 Å². The van der Waals surface area contributed by atoms with Crippen molar-refractivity contribution in [3.8, 4) is 0 Å². The highest BCUT2D eigenvalue weighted by atomic mass is 32.2. The van der Waals surface area contributed by atoms with Crippen LogP contribution < -0.4 is 5.32 Å². The number of pyridine rings is 1. The minimum atomic E-state index is -0.0612. The molecule has 0 bridgehead atoms. The Morgan fingerprint density at radius 1 is 1.10 bits per heavy atom. The average Bonchev–Trinajstić information content (AvgIpc) is 3.37. The van der Waals surface area contributed by atoms with Gasteiger partial charge >= 0.3 is 0 Å². The molecular formula is C26H23N3OS. The predicted octanol–water partition coefficient (Wildman–Crippen LogP) is 5.83. The van der Waals surface area contributed by atoms with Gasteiger partial charge in [-0.05, 0) is 48.7 Å². The molecule has 1 unspecified atom stereocenters. The van der Waals surface area contributed by atoms with E-state index >= 15 is 0 Å². The summed E-state index contributed by atoms with van der Waals surface area (Å²) in [7, 11) is 0. The van der Waals surface area contributed by atoms with Crippen LogP contribution in [0.15, 0.2) is 85.3 Å². The lowest BCUT2D eigenvalue weighted by molar-refractivity contribution is 0.102. The third kappa shape index (κ3) is 4.14. The van der Waals surface area contributed by atoms with Crippen LogP contribution in [-0.2, 0) is 12.2 Å². The van der Waals surface area contributed by atoms with E-state index in [0.29, 0.717) is 0 Å². The quantitative estimate of drug-likeness (QED) is 0.438. The minimum absolute atomic E-state index is 0.0612. The molecule has 4 aromatic rings. The van der Waals surface area contributed by atoms with Crippen molar-refractivity contribution in [2.45, 2.75) is 24.5 Å². The summed E-state index contributed by atoms with van der Waals surface area (Å²) in [6.07, 6.45) is 6.53. The second kappa shape index (κ2) is 8.44. The fraction of sp³-hybridized carbons (Fsp3) is 0.154. The second-order valence-electron chi connectivity index (χ2n) is 7.85.